The number of alkyl halides is 3. The van der Waals surface area contributed by atoms with Crippen LogP contribution in [0.1, 0.15) is 18.1 Å². The van der Waals surface area contributed by atoms with E-state index in [1.54, 1.807) is 24.3 Å². The van der Waals surface area contributed by atoms with Gasteiger partial charge in [0.05, 0.1) is 30.5 Å². The van der Waals surface area contributed by atoms with Gasteiger partial charge >= 0.3 is 6.18 Å². The molecular weight excluding hydrogens is 449 g/mol. The predicted molar refractivity (Wildman–Crippen MR) is 110 cm³/mol. The minimum Gasteiger partial charge on any atom is -0.494 e. The van der Waals surface area contributed by atoms with E-state index in [0.717, 1.165) is 10.7 Å². The molecule has 0 radical (unpaired) electrons. The lowest BCUT2D eigenvalue weighted by Gasteiger charge is -2.12. The monoisotopic (exact) mass is 468 g/mol. The maximum absolute atomic E-state index is 12.8. The van der Waals surface area contributed by atoms with Gasteiger partial charge in [-0.05, 0) is 42.8 Å². The lowest BCUT2D eigenvalue weighted by atomic mass is 10.1. The van der Waals surface area contributed by atoms with E-state index in [1.807, 2.05) is 6.92 Å². The van der Waals surface area contributed by atoms with Gasteiger partial charge in [0.1, 0.15) is 10.6 Å². The number of amides is 1. The molecule has 32 heavy (non-hydrogen) atoms. The average Bonchev–Trinajstić information content (AvgIpc) is 3.19. The molecule has 0 atom stereocenters. The molecule has 0 saturated heterocycles. The lowest BCUT2D eigenvalue weighted by Crippen LogP contribution is -2.18. The van der Waals surface area contributed by atoms with Crippen LogP contribution in [0, 0.1) is 0 Å². The number of hydrogen-bond acceptors (Lipinski definition) is 5. The molecule has 0 aliphatic rings. The second-order valence-corrected chi connectivity index (χ2v) is 8.23. The zero-order valence-electron chi connectivity index (χ0n) is 16.8. The Bertz CT molecular complexity index is 1220. The Labute approximate surface area is 181 Å². The number of nitrogens with zero attached hydrogens (tertiary/aromatic N) is 2. The van der Waals surface area contributed by atoms with E-state index in [2.05, 4.69) is 10.4 Å². The van der Waals surface area contributed by atoms with Crippen LogP contribution >= 0.6 is 0 Å². The Kier molecular flexibility index (Phi) is 6.55. The molecule has 8 nitrogen and oxygen atoms in total. The van der Waals surface area contributed by atoms with Gasteiger partial charge in [-0.1, -0.05) is 12.1 Å². The van der Waals surface area contributed by atoms with E-state index in [9.17, 15) is 26.4 Å². The molecule has 1 aromatic heterocycles. The number of carbonyl (C=O) groups is 1. The van der Waals surface area contributed by atoms with Crippen LogP contribution in [0.25, 0.3) is 5.69 Å². The van der Waals surface area contributed by atoms with Gasteiger partial charge in [0.25, 0.3) is 0 Å². The van der Waals surface area contributed by atoms with Crippen molar-refractivity contribution in [3.8, 4) is 11.4 Å². The fraction of sp³-hybridized carbons (Fsp3) is 0.200. The predicted octanol–water partition coefficient (Wildman–Crippen LogP) is 3.12. The van der Waals surface area contributed by atoms with E-state index in [1.165, 1.54) is 12.1 Å². The van der Waals surface area contributed by atoms with Crippen molar-refractivity contribution < 1.29 is 31.1 Å². The van der Waals surface area contributed by atoms with Crippen LogP contribution < -0.4 is 15.2 Å². The van der Waals surface area contributed by atoms with Gasteiger partial charge in [0.15, 0.2) is 0 Å². The summed E-state index contributed by atoms with van der Waals surface area (Å²) in [5.41, 5.74) is -0.430. The summed E-state index contributed by atoms with van der Waals surface area (Å²) in [6.45, 7) is 2.36. The smallest absolute Gasteiger partial charge is 0.419 e. The Morgan fingerprint density at radius 2 is 1.88 bits per heavy atom. The molecule has 0 unspecified atom stereocenters. The molecule has 2 aromatic carbocycles. The van der Waals surface area contributed by atoms with Crippen LogP contribution in [0.5, 0.6) is 5.75 Å². The molecule has 0 spiro atoms. The highest BCUT2D eigenvalue weighted by molar-refractivity contribution is 7.89. The number of ether oxygens (including phenoxy) is 1. The molecular formula is C20H19F3N4O4S. The molecule has 170 valence electrons. The van der Waals surface area contributed by atoms with E-state index in [4.69, 9.17) is 9.88 Å². The molecule has 12 heteroatoms. The highest BCUT2D eigenvalue weighted by Crippen LogP contribution is 2.30. The summed E-state index contributed by atoms with van der Waals surface area (Å²) in [7, 11) is -4.34. The van der Waals surface area contributed by atoms with Crippen LogP contribution in [0.3, 0.4) is 0 Å². The quantitative estimate of drug-likeness (QED) is 0.553. The number of halogens is 3. The summed E-state index contributed by atoms with van der Waals surface area (Å²) in [4.78, 5) is 11.9. The van der Waals surface area contributed by atoms with Crippen molar-refractivity contribution >= 4 is 21.6 Å². The largest absolute Gasteiger partial charge is 0.494 e. The number of sulfonamides is 1. The number of hydrogen-bond donors (Lipinski definition) is 2. The Morgan fingerprint density at radius 3 is 2.44 bits per heavy atom. The molecule has 1 amide bonds. The summed E-state index contributed by atoms with van der Waals surface area (Å²) >= 11 is 0. The fourth-order valence-electron chi connectivity index (χ4n) is 2.87. The zero-order valence-corrected chi connectivity index (χ0v) is 17.6. The Hall–Kier alpha value is -3.38. The first kappa shape index (κ1) is 23.3. The van der Waals surface area contributed by atoms with Crippen LogP contribution in [-0.2, 0) is 27.4 Å². The number of benzene rings is 2. The third-order valence-electron chi connectivity index (χ3n) is 4.31. The number of anilines is 1. The number of aromatic nitrogens is 2. The van der Waals surface area contributed by atoms with E-state index < -0.39 is 32.6 Å². The zero-order chi connectivity index (χ0) is 23.5. The molecule has 3 aromatic rings. The number of carbonyl (C=O) groups excluding carboxylic acids is 1. The van der Waals surface area contributed by atoms with E-state index in [-0.39, 0.29) is 17.8 Å². The number of nitrogens with one attached hydrogen (secondary N) is 1. The van der Waals surface area contributed by atoms with Crippen molar-refractivity contribution in [1.29, 1.82) is 0 Å². The van der Waals surface area contributed by atoms with E-state index >= 15 is 0 Å². The molecule has 0 bridgehead atoms. The van der Waals surface area contributed by atoms with E-state index in [0.29, 0.717) is 30.3 Å². The highest BCUT2D eigenvalue weighted by Gasteiger charge is 2.32. The van der Waals surface area contributed by atoms with Crippen LogP contribution in [0.4, 0.5) is 18.9 Å². The van der Waals surface area contributed by atoms with Crippen molar-refractivity contribution in [2.24, 2.45) is 5.14 Å². The third-order valence-corrected chi connectivity index (χ3v) is 5.25. The fourth-order valence-corrected chi connectivity index (χ4v) is 3.62. The molecule has 0 aliphatic carbocycles. The molecule has 0 aliphatic heterocycles. The summed E-state index contributed by atoms with van der Waals surface area (Å²) in [6, 6.07) is 10.5. The normalized spacial score (nSPS) is 11.9. The van der Waals surface area contributed by atoms with Crippen LogP contribution in [0.15, 0.2) is 59.8 Å². The topological polar surface area (TPSA) is 116 Å². The maximum atomic E-state index is 12.8. The molecule has 3 rings (SSSR count). The molecule has 0 fully saturated rings. The van der Waals surface area contributed by atoms with Gasteiger partial charge in [0.2, 0.25) is 15.9 Å². The maximum Gasteiger partial charge on any atom is 0.419 e. The first-order chi connectivity index (χ1) is 15.0. The second kappa shape index (κ2) is 9.01. The molecule has 3 N–H and O–H groups in total. The van der Waals surface area contributed by atoms with Gasteiger partial charge in [-0.15, -0.1) is 0 Å². The van der Waals surface area contributed by atoms with Crippen LogP contribution in [-0.4, -0.2) is 30.7 Å². The minimum atomic E-state index is -4.64. The summed E-state index contributed by atoms with van der Waals surface area (Å²) in [5, 5.41) is 11.4. The summed E-state index contributed by atoms with van der Waals surface area (Å²) in [6.07, 6.45) is -3.42. The van der Waals surface area contributed by atoms with Crippen molar-refractivity contribution in [2.45, 2.75) is 24.4 Å². The van der Waals surface area contributed by atoms with Gasteiger partial charge in [-0.3, -0.25) is 4.79 Å². The van der Waals surface area contributed by atoms with Gasteiger partial charge in [0, 0.05) is 11.9 Å². The van der Waals surface area contributed by atoms with Gasteiger partial charge in [-0.25, -0.2) is 18.2 Å². The van der Waals surface area contributed by atoms with Gasteiger partial charge in [-0.2, -0.15) is 18.3 Å². The van der Waals surface area contributed by atoms with Crippen molar-refractivity contribution in [1.82, 2.24) is 9.78 Å². The molecule has 1 heterocycles. The standard InChI is InChI=1S/C20H19F3N4O4S/c1-2-31-16-6-3-13(4-7-16)9-19(28)26-15-5-8-17(18(10-15)32(24,29)30)27-12-14(11-25-27)20(21,22)23/h3-8,10-12H,2,9H2,1H3,(H,26,28)(H2,24,29,30). The SMILES string of the molecule is CCOc1ccc(CC(=O)Nc2ccc(-n3cc(C(F)(F)F)cn3)c(S(N)(=O)=O)c2)cc1. The third kappa shape index (κ3) is 5.65. The van der Waals surface area contributed by atoms with Crippen molar-refractivity contribution in [3.05, 3.63) is 66.0 Å². The second-order valence-electron chi connectivity index (χ2n) is 6.70. The first-order valence-corrected chi connectivity index (χ1v) is 10.8. The van der Waals surface area contributed by atoms with Crippen molar-refractivity contribution in [3.63, 3.8) is 0 Å². The lowest BCUT2D eigenvalue weighted by molar-refractivity contribution is -0.137. The molecule has 0 saturated carbocycles. The first-order valence-electron chi connectivity index (χ1n) is 9.28. The summed E-state index contributed by atoms with van der Waals surface area (Å²) < 4.78 is 68.7. The highest BCUT2D eigenvalue weighted by atomic mass is 32.2. The minimum absolute atomic E-state index is 0.00691. The Balaban J connectivity index is 1.82. The van der Waals surface area contributed by atoms with Crippen molar-refractivity contribution in [2.75, 3.05) is 11.9 Å². The van der Waals surface area contributed by atoms with Crippen LogP contribution in [0.2, 0.25) is 0 Å². The average molecular weight is 468 g/mol. The number of nitrogens with two attached hydrogens (primary N) is 1. The summed E-state index contributed by atoms with van der Waals surface area (Å²) in [5.74, 6) is 0.234. The Morgan fingerprint density at radius 1 is 1.19 bits per heavy atom. The van der Waals surface area contributed by atoms with Gasteiger partial charge < -0.3 is 10.1 Å². The number of primary sulfonamides is 1. The number of rotatable bonds is 7.